The molecule has 0 atom stereocenters. The normalized spacial score (nSPS) is 18.4. The number of methoxy groups -OCH3 is 1. The van der Waals surface area contributed by atoms with Gasteiger partial charge in [0.25, 0.3) is 0 Å². The lowest BCUT2D eigenvalue weighted by Gasteiger charge is -2.26. The van der Waals surface area contributed by atoms with Crippen LogP contribution in [0, 0.1) is 0 Å². The van der Waals surface area contributed by atoms with E-state index >= 15 is 0 Å². The Balaban J connectivity index is 2.19. The van der Waals surface area contributed by atoms with E-state index in [1.807, 2.05) is 6.07 Å². The Labute approximate surface area is 96.2 Å². The van der Waals surface area contributed by atoms with Crippen molar-refractivity contribution in [2.45, 2.75) is 38.1 Å². The number of nitrogens with one attached hydrogen (secondary N) is 1. The summed E-state index contributed by atoms with van der Waals surface area (Å²) in [6, 6.07) is 3.60. The van der Waals surface area contributed by atoms with E-state index in [0.29, 0.717) is 11.6 Å². The minimum absolute atomic E-state index is 0.132. The number of anilines is 2. The standard InChI is InChI=1S/C12H19N3O/c1-12(7-3-4-8-12)15-11-9(13)5-6-10(14-11)16-2/h5-6H,3-4,7-8,13H2,1-2H3,(H,14,15). The van der Waals surface area contributed by atoms with Crippen LogP contribution in [0.4, 0.5) is 11.5 Å². The van der Waals surface area contributed by atoms with Gasteiger partial charge in [-0.25, -0.2) is 0 Å². The molecule has 0 saturated heterocycles. The van der Waals surface area contributed by atoms with Crippen LogP contribution in [-0.4, -0.2) is 17.6 Å². The molecular formula is C12H19N3O. The summed E-state index contributed by atoms with van der Waals surface area (Å²) >= 11 is 0. The largest absolute Gasteiger partial charge is 0.481 e. The fourth-order valence-corrected chi connectivity index (χ4v) is 2.23. The van der Waals surface area contributed by atoms with Gasteiger partial charge < -0.3 is 15.8 Å². The SMILES string of the molecule is COc1ccc(N)c(NC2(C)CCCC2)n1. The summed E-state index contributed by atoms with van der Waals surface area (Å²) in [5.74, 6) is 1.34. The predicted molar refractivity (Wildman–Crippen MR) is 65.7 cm³/mol. The average molecular weight is 221 g/mol. The van der Waals surface area contributed by atoms with Gasteiger partial charge in [-0.1, -0.05) is 12.8 Å². The zero-order chi connectivity index (χ0) is 11.6. The first-order chi connectivity index (χ1) is 7.63. The number of ether oxygens (including phenoxy) is 1. The van der Waals surface area contributed by atoms with E-state index in [1.54, 1.807) is 13.2 Å². The number of nitrogen functional groups attached to an aromatic ring is 1. The average Bonchev–Trinajstić information content (AvgIpc) is 2.68. The van der Waals surface area contributed by atoms with Crippen molar-refractivity contribution in [3.8, 4) is 5.88 Å². The fraction of sp³-hybridized carbons (Fsp3) is 0.583. The van der Waals surface area contributed by atoms with E-state index in [1.165, 1.54) is 25.7 Å². The van der Waals surface area contributed by atoms with Crippen LogP contribution in [0.25, 0.3) is 0 Å². The predicted octanol–water partition coefficient (Wildman–Crippen LogP) is 2.42. The molecule has 1 aromatic rings. The van der Waals surface area contributed by atoms with E-state index in [9.17, 15) is 0 Å². The highest BCUT2D eigenvalue weighted by atomic mass is 16.5. The lowest BCUT2D eigenvalue weighted by atomic mass is 10.0. The maximum Gasteiger partial charge on any atom is 0.215 e. The molecule has 1 fully saturated rings. The molecule has 3 N–H and O–H groups in total. The number of nitrogens with two attached hydrogens (primary N) is 1. The van der Waals surface area contributed by atoms with E-state index in [-0.39, 0.29) is 5.54 Å². The first kappa shape index (κ1) is 11.0. The minimum Gasteiger partial charge on any atom is -0.481 e. The second-order valence-corrected chi connectivity index (χ2v) is 4.68. The molecule has 1 aliphatic rings. The van der Waals surface area contributed by atoms with Crippen molar-refractivity contribution in [3.63, 3.8) is 0 Å². The van der Waals surface area contributed by atoms with Gasteiger partial charge in [0, 0.05) is 11.6 Å². The van der Waals surface area contributed by atoms with E-state index in [2.05, 4.69) is 17.2 Å². The molecular weight excluding hydrogens is 202 g/mol. The highest BCUT2D eigenvalue weighted by Gasteiger charge is 2.29. The summed E-state index contributed by atoms with van der Waals surface area (Å²) in [7, 11) is 1.61. The summed E-state index contributed by atoms with van der Waals surface area (Å²) in [5, 5.41) is 3.44. The second kappa shape index (κ2) is 4.20. The quantitative estimate of drug-likeness (QED) is 0.823. The van der Waals surface area contributed by atoms with Crippen LogP contribution in [0.1, 0.15) is 32.6 Å². The van der Waals surface area contributed by atoms with Gasteiger partial charge >= 0.3 is 0 Å². The van der Waals surface area contributed by atoms with Gasteiger partial charge in [-0.15, -0.1) is 0 Å². The Kier molecular flexibility index (Phi) is 2.90. The fourth-order valence-electron chi connectivity index (χ4n) is 2.23. The van der Waals surface area contributed by atoms with Gasteiger partial charge in [0.05, 0.1) is 12.8 Å². The third-order valence-electron chi connectivity index (χ3n) is 3.24. The van der Waals surface area contributed by atoms with E-state index in [4.69, 9.17) is 10.5 Å². The lowest BCUT2D eigenvalue weighted by Crippen LogP contribution is -2.31. The first-order valence-corrected chi connectivity index (χ1v) is 5.72. The number of rotatable bonds is 3. The molecule has 16 heavy (non-hydrogen) atoms. The molecule has 0 spiro atoms. The van der Waals surface area contributed by atoms with Gasteiger partial charge in [0.2, 0.25) is 5.88 Å². The summed E-state index contributed by atoms with van der Waals surface area (Å²) in [5.41, 5.74) is 6.71. The zero-order valence-electron chi connectivity index (χ0n) is 9.92. The molecule has 0 aliphatic heterocycles. The van der Waals surface area contributed by atoms with Crippen molar-refractivity contribution in [3.05, 3.63) is 12.1 Å². The lowest BCUT2D eigenvalue weighted by molar-refractivity contribution is 0.398. The van der Waals surface area contributed by atoms with Gasteiger partial charge in [-0.3, -0.25) is 0 Å². The third kappa shape index (κ3) is 2.21. The highest BCUT2D eigenvalue weighted by Crippen LogP contribution is 2.34. The smallest absolute Gasteiger partial charge is 0.215 e. The molecule has 0 amide bonds. The van der Waals surface area contributed by atoms with E-state index < -0.39 is 0 Å². The number of aromatic nitrogens is 1. The van der Waals surface area contributed by atoms with Gasteiger partial charge in [0.15, 0.2) is 5.82 Å². The third-order valence-corrected chi connectivity index (χ3v) is 3.24. The van der Waals surface area contributed by atoms with Crippen molar-refractivity contribution in [2.24, 2.45) is 0 Å². The molecule has 88 valence electrons. The van der Waals surface area contributed by atoms with Crippen molar-refractivity contribution in [2.75, 3.05) is 18.2 Å². The van der Waals surface area contributed by atoms with Crippen LogP contribution in [-0.2, 0) is 0 Å². The van der Waals surface area contributed by atoms with Crippen LogP contribution in [0.15, 0.2) is 12.1 Å². The Hall–Kier alpha value is -1.45. The van der Waals surface area contributed by atoms with E-state index in [0.717, 1.165) is 5.82 Å². The highest BCUT2D eigenvalue weighted by molar-refractivity contribution is 5.63. The first-order valence-electron chi connectivity index (χ1n) is 5.72. The molecule has 1 aromatic heterocycles. The van der Waals surface area contributed by atoms with Crippen molar-refractivity contribution in [1.82, 2.24) is 4.98 Å². The van der Waals surface area contributed by atoms with Gasteiger partial charge in [0.1, 0.15) is 0 Å². The molecule has 4 nitrogen and oxygen atoms in total. The molecule has 4 heteroatoms. The van der Waals surface area contributed by atoms with Gasteiger partial charge in [-0.05, 0) is 25.8 Å². The molecule has 0 unspecified atom stereocenters. The molecule has 2 rings (SSSR count). The van der Waals surface area contributed by atoms with Crippen molar-refractivity contribution >= 4 is 11.5 Å². The summed E-state index contributed by atoms with van der Waals surface area (Å²) in [6.07, 6.45) is 4.89. The number of hydrogen-bond acceptors (Lipinski definition) is 4. The van der Waals surface area contributed by atoms with Crippen LogP contribution in [0.3, 0.4) is 0 Å². The molecule has 1 saturated carbocycles. The summed E-state index contributed by atoms with van der Waals surface area (Å²) in [4.78, 5) is 4.34. The van der Waals surface area contributed by atoms with Gasteiger partial charge in [-0.2, -0.15) is 4.98 Å². The molecule has 0 bridgehead atoms. The zero-order valence-corrected chi connectivity index (χ0v) is 9.92. The Morgan fingerprint density at radius 3 is 2.69 bits per heavy atom. The summed E-state index contributed by atoms with van der Waals surface area (Å²) in [6.45, 7) is 2.22. The Bertz CT molecular complexity index is 373. The molecule has 1 aliphatic carbocycles. The van der Waals surface area contributed by atoms with Crippen LogP contribution in [0.2, 0.25) is 0 Å². The molecule has 1 heterocycles. The molecule has 0 radical (unpaired) electrons. The number of nitrogens with zero attached hydrogens (tertiary/aromatic N) is 1. The Morgan fingerprint density at radius 1 is 1.38 bits per heavy atom. The maximum atomic E-state index is 5.90. The molecule has 0 aromatic carbocycles. The van der Waals surface area contributed by atoms with Crippen molar-refractivity contribution in [1.29, 1.82) is 0 Å². The number of hydrogen-bond donors (Lipinski definition) is 2. The summed E-state index contributed by atoms with van der Waals surface area (Å²) < 4.78 is 5.10. The second-order valence-electron chi connectivity index (χ2n) is 4.68. The van der Waals surface area contributed by atoms with Crippen LogP contribution in [0.5, 0.6) is 5.88 Å². The monoisotopic (exact) mass is 221 g/mol. The number of pyridine rings is 1. The Morgan fingerprint density at radius 2 is 2.06 bits per heavy atom. The topological polar surface area (TPSA) is 60.2 Å². The van der Waals surface area contributed by atoms with Crippen LogP contribution < -0.4 is 15.8 Å². The van der Waals surface area contributed by atoms with Crippen LogP contribution >= 0.6 is 0 Å². The van der Waals surface area contributed by atoms with Crippen molar-refractivity contribution < 1.29 is 4.74 Å². The minimum atomic E-state index is 0.132. The maximum absolute atomic E-state index is 5.90.